The number of carbonyl (C=O) groups excluding carboxylic acids is 1. The van der Waals surface area contributed by atoms with Gasteiger partial charge in [0.05, 0.1) is 6.61 Å². The number of amides is 1. The summed E-state index contributed by atoms with van der Waals surface area (Å²) in [5.74, 6) is 3.20. The Balaban J connectivity index is 1.99. The van der Waals surface area contributed by atoms with Crippen LogP contribution >= 0.6 is 11.8 Å². The first-order chi connectivity index (χ1) is 11.5. The Kier molecular flexibility index (Phi) is 7.68. The molecule has 24 heavy (non-hydrogen) atoms. The molecule has 2 atom stereocenters. The Bertz CT molecular complexity index is 436. The number of rotatable bonds is 5. The lowest BCUT2D eigenvalue weighted by molar-refractivity contribution is -0.127. The van der Waals surface area contributed by atoms with Crippen LogP contribution in [0.4, 0.5) is 0 Å². The van der Waals surface area contributed by atoms with Crippen LogP contribution < -0.4 is 5.32 Å². The van der Waals surface area contributed by atoms with Gasteiger partial charge in [-0.2, -0.15) is 11.8 Å². The minimum atomic E-state index is 0.0327. The van der Waals surface area contributed by atoms with Gasteiger partial charge in [0.2, 0.25) is 5.91 Å². The van der Waals surface area contributed by atoms with Crippen LogP contribution in [0.1, 0.15) is 20.3 Å². The number of guanidine groups is 1. The lowest BCUT2D eigenvalue weighted by Gasteiger charge is -2.36. The van der Waals surface area contributed by atoms with Crippen molar-refractivity contribution < 1.29 is 9.53 Å². The lowest BCUT2D eigenvalue weighted by atomic mass is 10.1. The molecule has 2 rings (SSSR count). The summed E-state index contributed by atoms with van der Waals surface area (Å²) in [5, 5.41) is 4.12. The van der Waals surface area contributed by atoms with Gasteiger partial charge in [0.15, 0.2) is 5.96 Å². The van der Waals surface area contributed by atoms with E-state index in [0.717, 1.165) is 51.0 Å². The summed E-state index contributed by atoms with van der Waals surface area (Å²) in [6.07, 6.45) is 1.10. The van der Waals surface area contributed by atoms with Crippen LogP contribution in [0.25, 0.3) is 0 Å². The van der Waals surface area contributed by atoms with Crippen LogP contribution in [-0.2, 0) is 9.53 Å². The van der Waals surface area contributed by atoms with Gasteiger partial charge in [-0.3, -0.25) is 4.79 Å². The molecule has 1 N–H and O–H groups in total. The summed E-state index contributed by atoms with van der Waals surface area (Å²) in [5.41, 5.74) is 0. The maximum absolute atomic E-state index is 11.9. The van der Waals surface area contributed by atoms with Gasteiger partial charge in [-0.25, -0.2) is 4.99 Å². The summed E-state index contributed by atoms with van der Waals surface area (Å²) in [6, 6.07) is 0. The van der Waals surface area contributed by atoms with E-state index >= 15 is 0 Å². The zero-order valence-corrected chi connectivity index (χ0v) is 16.3. The Hall–Kier alpha value is -0.950. The number of thioether (sulfide) groups is 1. The first-order valence-corrected chi connectivity index (χ1v) is 9.95. The highest BCUT2D eigenvalue weighted by atomic mass is 32.2. The first-order valence-electron chi connectivity index (χ1n) is 8.90. The van der Waals surface area contributed by atoms with E-state index in [1.54, 1.807) is 19.0 Å². The predicted octanol–water partition coefficient (Wildman–Crippen LogP) is 1.13. The molecular formula is C17H32N4O2S. The molecule has 0 radical (unpaired) electrons. The number of aliphatic imine (C=N–C) groups is 1. The third kappa shape index (κ3) is 5.84. The zero-order valence-electron chi connectivity index (χ0n) is 15.5. The van der Waals surface area contributed by atoms with E-state index in [1.165, 1.54) is 0 Å². The van der Waals surface area contributed by atoms with Gasteiger partial charge in [0.1, 0.15) is 6.54 Å². The summed E-state index contributed by atoms with van der Waals surface area (Å²) in [4.78, 5) is 20.4. The maximum Gasteiger partial charge on any atom is 0.243 e. The van der Waals surface area contributed by atoms with E-state index < -0.39 is 0 Å². The number of hydrogen-bond acceptors (Lipinski definition) is 4. The van der Waals surface area contributed by atoms with Crippen molar-refractivity contribution in [1.82, 2.24) is 15.1 Å². The number of carbonyl (C=O) groups is 1. The smallest absolute Gasteiger partial charge is 0.243 e. The molecule has 2 aliphatic rings. The molecule has 0 bridgehead atoms. The van der Waals surface area contributed by atoms with Crippen molar-refractivity contribution in [3.63, 3.8) is 0 Å². The summed E-state index contributed by atoms with van der Waals surface area (Å²) in [6.45, 7) is 9.27. The average Bonchev–Trinajstić information content (AvgIpc) is 3.08. The fourth-order valence-corrected chi connectivity index (χ4v) is 4.10. The molecule has 7 heteroatoms. The van der Waals surface area contributed by atoms with Crippen molar-refractivity contribution in [2.75, 3.05) is 59.2 Å². The third-order valence-electron chi connectivity index (χ3n) is 4.57. The number of nitrogens with zero attached hydrogens (tertiary/aromatic N) is 3. The summed E-state index contributed by atoms with van der Waals surface area (Å²) < 4.78 is 5.46. The predicted molar refractivity (Wildman–Crippen MR) is 101 cm³/mol. The summed E-state index contributed by atoms with van der Waals surface area (Å²) in [7, 11) is 3.54. The molecule has 2 saturated heterocycles. The fraction of sp³-hybridized carbons (Fsp3) is 0.882. The molecule has 2 aliphatic heterocycles. The second kappa shape index (κ2) is 9.51. The van der Waals surface area contributed by atoms with Crippen LogP contribution in [0.15, 0.2) is 4.99 Å². The van der Waals surface area contributed by atoms with Gasteiger partial charge in [-0.15, -0.1) is 0 Å². The van der Waals surface area contributed by atoms with Gasteiger partial charge in [0.25, 0.3) is 0 Å². The molecule has 0 aromatic heterocycles. The molecule has 0 aromatic rings. The first kappa shape index (κ1) is 19.4. The molecule has 6 nitrogen and oxygen atoms in total. The van der Waals surface area contributed by atoms with Crippen LogP contribution in [0.3, 0.4) is 0 Å². The van der Waals surface area contributed by atoms with E-state index in [0.29, 0.717) is 17.1 Å². The van der Waals surface area contributed by atoms with Crippen molar-refractivity contribution in [2.24, 2.45) is 16.8 Å². The van der Waals surface area contributed by atoms with E-state index in [-0.39, 0.29) is 12.5 Å². The number of likely N-dealkylation sites (N-methyl/N-ethyl adjacent to an activating group) is 1. The van der Waals surface area contributed by atoms with Crippen molar-refractivity contribution >= 4 is 23.6 Å². The number of hydrogen-bond donors (Lipinski definition) is 1. The van der Waals surface area contributed by atoms with Crippen LogP contribution in [0, 0.1) is 11.8 Å². The van der Waals surface area contributed by atoms with Crippen molar-refractivity contribution in [2.45, 2.75) is 25.5 Å². The standard InChI is InChI=1S/C17H32N4O2S/c1-13(2)15-11-21(6-8-24-15)17(19-10-16(22)20(3)4)18-9-14-5-7-23-12-14/h13-15H,5-12H2,1-4H3,(H,18,19). The van der Waals surface area contributed by atoms with Crippen molar-refractivity contribution in [1.29, 1.82) is 0 Å². The van der Waals surface area contributed by atoms with E-state index in [1.807, 2.05) is 11.8 Å². The second-order valence-corrected chi connectivity index (χ2v) is 8.48. The van der Waals surface area contributed by atoms with Gasteiger partial charge in [-0.05, 0) is 12.3 Å². The molecular weight excluding hydrogens is 324 g/mol. The number of nitrogens with one attached hydrogen (secondary N) is 1. The maximum atomic E-state index is 11.9. The number of ether oxygens (including phenoxy) is 1. The molecule has 0 spiro atoms. The molecule has 1 amide bonds. The molecule has 2 fully saturated rings. The normalized spacial score (nSPS) is 25.2. The topological polar surface area (TPSA) is 57.2 Å². The summed E-state index contributed by atoms with van der Waals surface area (Å²) >= 11 is 2.05. The molecule has 0 aliphatic carbocycles. The monoisotopic (exact) mass is 356 g/mol. The Labute approximate surface area is 150 Å². The highest BCUT2D eigenvalue weighted by molar-refractivity contribution is 8.00. The highest BCUT2D eigenvalue weighted by Crippen LogP contribution is 2.25. The quantitative estimate of drug-likeness (QED) is 0.591. The van der Waals surface area contributed by atoms with E-state index in [4.69, 9.17) is 4.74 Å². The van der Waals surface area contributed by atoms with E-state index in [9.17, 15) is 4.79 Å². The van der Waals surface area contributed by atoms with E-state index in [2.05, 4.69) is 29.1 Å². The van der Waals surface area contributed by atoms with Gasteiger partial charge in [-0.1, -0.05) is 13.8 Å². The Morgan fingerprint density at radius 3 is 2.88 bits per heavy atom. The van der Waals surface area contributed by atoms with Gasteiger partial charge in [0, 0.05) is 57.3 Å². The highest BCUT2D eigenvalue weighted by Gasteiger charge is 2.26. The fourth-order valence-electron chi connectivity index (χ4n) is 2.80. The molecule has 2 unspecified atom stereocenters. The molecule has 2 heterocycles. The lowest BCUT2D eigenvalue weighted by Crippen LogP contribution is -2.50. The second-order valence-electron chi connectivity index (χ2n) is 7.14. The third-order valence-corrected chi connectivity index (χ3v) is 6.11. The average molecular weight is 357 g/mol. The molecule has 138 valence electrons. The van der Waals surface area contributed by atoms with Crippen LogP contribution in [0.5, 0.6) is 0 Å². The van der Waals surface area contributed by atoms with Crippen molar-refractivity contribution in [3.05, 3.63) is 0 Å². The van der Waals surface area contributed by atoms with Crippen LogP contribution in [-0.4, -0.2) is 86.2 Å². The minimum Gasteiger partial charge on any atom is -0.381 e. The Morgan fingerprint density at radius 1 is 1.46 bits per heavy atom. The Morgan fingerprint density at radius 2 is 2.25 bits per heavy atom. The SMILES string of the molecule is CC(C)C1CN(C(=NCC(=O)N(C)C)NCC2CCOC2)CCS1. The van der Waals surface area contributed by atoms with Crippen molar-refractivity contribution in [3.8, 4) is 0 Å². The van der Waals surface area contributed by atoms with Gasteiger partial charge >= 0.3 is 0 Å². The minimum absolute atomic E-state index is 0.0327. The van der Waals surface area contributed by atoms with Crippen LogP contribution in [0.2, 0.25) is 0 Å². The van der Waals surface area contributed by atoms with Gasteiger partial charge < -0.3 is 19.9 Å². The molecule has 0 saturated carbocycles. The molecule has 0 aromatic carbocycles. The zero-order chi connectivity index (χ0) is 17.5. The largest absolute Gasteiger partial charge is 0.381 e.